The van der Waals surface area contributed by atoms with E-state index in [2.05, 4.69) is 30.9 Å². The Morgan fingerprint density at radius 3 is 2.81 bits per heavy atom. The topological polar surface area (TPSA) is 67.6 Å². The predicted octanol–water partition coefficient (Wildman–Crippen LogP) is 3.20. The molecule has 0 amide bonds. The molecule has 0 saturated heterocycles. The number of anilines is 1. The van der Waals surface area contributed by atoms with Crippen LogP contribution in [0.15, 0.2) is 22.7 Å². The monoisotopic (exact) mass is 316 g/mol. The molecule has 2 aromatic rings. The van der Waals surface area contributed by atoms with Gasteiger partial charge in [0.25, 0.3) is 0 Å². The SMILES string of the molecule is Nc1nc(=S)nc(-c2cccc(Br)c2Cl)[nH]1. The van der Waals surface area contributed by atoms with Crippen LogP contribution in [-0.4, -0.2) is 15.0 Å². The van der Waals surface area contributed by atoms with Gasteiger partial charge >= 0.3 is 0 Å². The van der Waals surface area contributed by atoms with E-state index in [-0.39, 0.29) is 10.7 Å². The van der Waals surface area contributed by atoms with Gasteiger partial charge in [-0.15, -0.1) is 0 Å². The van der Waals surface area contributed by atoms with Crippen LogP contribution < -0.4 is 5.73 Å². The van der Waals surface area contributed by atoms with E-state index in [1.165, 1.54) is 0 Å². The Bertz CT molecular complexity index is 598. The molecule has 0 spiro atoms. The predicted molar refractivity (Wildman–Crippen MR) is 69.8 cm³/mol. The highest BCUT2D eigenvalue weighted by Gasteiger charge is 2.08. The summed E-state index contributed by atoms with van der Waals surface area (Å²) in [6.45, 7) is 0. The number of halogens is 2. The van der Waals surface area contributed by atoms with Crippen molar-refractivity contribution in [3.63, 3.8) is 0 Å². The van der Waals surface area contributed by atoms with Crippen molar-refractivity contribution in [1.29, 1.82) is 0 Å². The maximum absolute atomic E-state index is 6.13. The van der Waals surface area contributed by atoms with Gasteiger partial charge in [0.1, 0.15) is 5.82 Å². The van der Waals surface area contributed by atoms with Gasteiger partial charge in [-0.1, -0.05) is 17.7 Å². The van der Waals surface area contributed by atoms with E-state index in [4.69, 9.17) is 29.6 Å². The molecule has 1 heterocycles. The zero-order chi connectivity index (χ0) is 11.7. The molecule has 0 bridgehead atoms. The van der Waals surface area contributed by atoms with Crippen molar-refractivity contribution in [3.05, 3.63) is 32.5 Å². The Labute approximate surface area is 110 Å². The number of benzene rings is 1. The largest absolute Gasteiger partial charge is 0.369 e. The maximum atomic E-state index is 6.13. The molecule has 0 aliphatic rings. The van der Waals surface area contributed by atoms with Crippen LogP contribution in [0.4, 0.5) is 5.95 Å². The number of nitrogens with one attached hydrogen (secondary N) is 1. The summed E-state index contributed by atoms with van der Waals surface area (Å²) in [7, 11) is 0. The molecule has 1 aromatic heterocycles. The van der Waals surface area contributed by atoms with Crippen molar-refractivity contribution < 1.29 is 0 Å². The summed E-state index contributed by atoms with van der Waals surface area (Å²) in [6.07, 6.45) is 0. The molecule has 0 aliphatic carbocycles. The van der Waals surface area contributed by atoms with Gasteiger partial charge < -0.3 is 10.7 Å². The maximum Gasteiger partial charge on any atom is 0.224 e. The summed E-state index contributed by atoms with van der Waals surface area (Å²) in [5, 5.41) is 0.547. The van der Waals surface area contributed by atoms with E-state index in [9.17, 15) is 0 Å². The molecule has 0 saturated carbocycles. The van der Waals surface area contributed by atoms with E-state index < -0.39 is 0 Å². The van der Waals surface area contributed by atoms with Gasteiger partial charge in [0, 0.05) is 10.0 Å². The fourth-order valence-corrected chi connectivity index (χ4v) is 1.99. The molecule has 7 heteroatoms. The summed E-state index contributed by atoms with van der Waals surface area (Å²) in [5.41, 5.74) is 6.28. The third-order valence-electron chi connectivity index (χ3n) is 1.88. The van der Waals surface area contributed by atoms with Gasteiger partial charge in [-0.2, -0.15) is 4.98 Å². The van der Waals surface area contributed by atoms with Crippen molar-refractivity contribution in [3.8, 4) is 11.4 Å². The van der Waals surface area contributed by atoms with Gasteiger partial charge in [0.2, 0.25) is 10.7 Å². The van der Waals surface area contributed by atoms with Crippen LogP contribution in [0.3, 0.4) is 0 Å². The number of hydrogen-bond acceptors (Lipinski definition) is 4. The number of nitrogens with two attached hydrogens (primary N) is 1. The molecule has 0 aliphatic heterocycles. The number of nitrogen functional groups attached to an aromatic ring is 1. The van der Waals surface area contributed by atoms with Crippen molar-refractivity contribution in [2.45, 2.75) is 0 Å². The van der Waals surface area contributed by atoms with Crippen LogP contribution in [-0.2, 0) is 0 Å². The lowest BCUT2D eigenvalue weighted by atomic mass is 10.2. The minimum absolute atomic E-state index is 0.183. The number of hydrogen-bond donors (Lipinski definition) is 2. The zero-order valence-corrected chi connectivity index (χ0v) is 11.0. The molecular weight excluding hydrogens is 312 g/mol. The standard InChI is InChI=1S/C9H6BrClN4S/c10-5-3-1-2-4(6(5)11)7-13-8(12)15-9(16)14-7/h1-3H,(H3,12,13,14,15,16). The molecule has 1 aromatic carbocycles. The Kier molecular flexibility index (Phi) is 3.22. The van der Waals surface area contributed by atoms with Crippen LogP contribution in [0.25, 0.3) is 11.4 Å². The summed E-state index contributed by atoms with van der Waals surface area (Å²) >= 11 is 14.4. The minimum atomic E-state index is 0.183. The number of nitrogens with zero attached hydrogens (tertiary/aromatic N) is 2. The van der Waals surface area contributed by atoms with E-state index in [0.29, 0.717) is 10.8 Å². The molecule has 16 heavy (non-hydrogen) atoms. The molecule has 0 radical (unpaired) electrons. The first kappa shape index (κ1) is 11.5. The van der Waals surface area contributed by atoms with E-state index in [1.54, 1.807) is 0 Å². The summed E-state index contributed by atoms with van der Waals surface area (Å²) in [5.74, 6) is 0.717. The number of H-pyrrole nitrogens is 1. The molecular formula is C9H6BrClN4S. The fourth-order valence-electron chi connectivity index (χ4n) is 1.22. The van der Waals surface area contributed by atoms with E-state index in [1.807, 2.05) is 18.2 Å². The first-order valence-corrected chi connectivity index (χ1v) is 5.84. The van der Waals surface area contributed by atoms with E-state index in [0.717, 1.165) is 10.0 Å². The fraction of sp³-hybridized carbons (Fsp3) is 0. The van der Waals surface area contributed by atoms with Crippen LogP contribution in [0, 0.1) is 4.77 Å². The first-order valence-electron chi connectivity index (χ1n) is 4.26. The Morgan fingerprint density at radius 1 is 1.38 bits per heavy atom. The average Bonchev–Trinajstić information content (AvgIpc) is 2.20. The van der Waals surface area contributed by atoms with Gasteiger partial charge in [0.05, 0.1) is 5.02 Å². The third kappa shape index (κ3) is 2.23. The quantitative estimate of drug-likeness (QED) is 0.793. The van der Waals surface area contributed by atoms with Crippen molar-refractivity contribution in [1.82, 2.24) is 15.0 Å². The van der Waals surface area contributed by atoms with Crippen molar-refractivity contribution >= 4 is 45.7 Å². The normalized spacial score (nSPS) is 10.4. The third-order valence-corrected chi connectivity index (χ3v) is 3.36. The van der Waals surface area contributed by atoms with Crippen LogP contribution >= 0.6 is 39.7 Å². The molecule has 82 valence electrons. The molecule has 3 N–H and O–H groups in total. The molecule has 0 fully saturated rings. The van der Waals surface area contributed by atoms with Crippen LogP contribution in [0.1, 0.15) is 0 Å². The second-order valence-electron chi connectivity index (χ2n) is 2.97. The lowest BCUT2D eigenvalue weighted by molar-refractivity contribution is 1.05. The van der Waals surface area contributed by atoms with Crippen molar-refractivity contribution in [2.75, 3.05) is 5.73 Å². The highest BCUT2D eigenvalue weighted by Crippen LogP contribution is 2.31. The second kappa shape index (κ2) is 4.48. The smallest absolute Gasteiger partial charge is 0.224 e. The van der Waals surface area contributed by atoms with Crippen LogP contribution in [0.2, 0.25) is 5.02 Å². The molecule has 4 nitrogen and oxygen atoms in total. The number of rotatable bonds is 1. The number of aromatic nitrogens is 3. The van der Waals surface area contributed by atoms with Gasteiger partial charge in [-0.05, 0) is 40.3 Å². The number of aromatic amines is 1. The van der Waals surface area contributed by atoms with Crippen LogP contribution in [0.5, 0.6) is 0 Å². The zero-order valence-electron chi connectivity index (χ0n) is 7.87. The summed E-state index contributed by atoms with van der Waals surface area (Å²) in [6, 6.07) is 5.51. The summed E-state index contributed by atoms with van der Waals surface area (Å²) in [4.78, 5) is 10.7. The second-order valence-corrected chi connectivity index (χ2v) is 4.56. The first-order chi connectivity index (χ1) is 7.58. The van der Waals surface area contributed by atoms with E-state index >= 15 is 0 Å². The average molecular weight is 318 g/mol. The lowest BCUT2D eigenvalue weighted by Gasteiger charge is -2.05. The molecule has 0 atom stereocenters. The lowest BCUT2D eigenvalue weighted by Crippen LogP contribution is -2.00. The Balaban J connectivity index is 2.67. The van der Waals surface area contributed by atoms with Crippen molar-refractivity contribution in [2.24, 2.45) is 0 Å². The molecule has 0 unspecified atom stereocenters. The van der Waals surface area contributed by atoms with Gasteiger partial charge in [0.15, 0.2) is 0 Å². The highest BCUT2D eigenvalue weighted by atomic mass is 79.9. The Hall–Kier alpha value is -0.980. The van der Waals surface area contributed by atoms with Gasteiger partial charge in [-0.25, -0.2) is 4.98 Å². The highest BCUT2D eigenvalue weighted by molar-refractivity contribution is 9.10. The Morgan fingerprint density at radius 2 is 2.12 bits per heavy atom. The molecule has 2 rings (SSSR count). The summed E-state index contributed by atoms with van der Waals surface area (Å²) < 4.78 is 0.963. The van der Waals surface area contributed by atoms with Gasteiger partial charge in [-0.3, -0.25) is 0 Å². The minimum Gasteiger partial charge on any atom is -0.369 e.